The molecule has 0 aromatic carbocycles. The zero-order valence-electron chi connectivity index (χ0n) is 10.3. The molecule has 0 unspecified atom stereocenters. The van der Waals surface area contributed by atoms with Crippen molar-refractivity contribution in [3.63, 3.8) is 0 Å². The third-order valence-corrected chi connectivity index (χ3v) is 3.08. The van der Waals surface area contributed by atoms with E-state index >= 15 is 0 Å². The van der Waals surface area contributed by atoms with Crippen molar-refractivity contribution in [3.05, 3.63) is 17.5 Å². The summed E-state index contributed by atoms with van der Waals surface area (Å²) in [4.78, 5) is 25.1. The van der Waals surface area contributed by atoms with Crippen LogP contribution in [-0.2, 0) is 18.3 Å². The standard InChI is InChI=1S/C12H17N3O2/c1-3-11-10(8-14(2)13-11)12(17)15-6-4-9(16)5-7-15/h8H,3-7H2,1-2H3. The second-order valence-corrected chi connectivity index (χ2v) is 4.35. The van der Waals surface area contributed by atoms with Gasteiger partial charge in [-0.1, -0.05) is 6.92 Å². The van der Waals surface area contributed by atoms with E-state index in [-0.39, 0.29) is 11.7 Å². The summed E-state index contributed by atoms with van der Waals surface area (Å²) in [6.45, 7) is 3.06. The first kappa shape index (κ1) is 11.8. The molecule has 0 bridgehead atoms. The normalized spacial score (nSPS) is 16.4. The van der Waals surface area contributed by atoms with E-state index in [0.717, 1.165) is 12.1 Å². The van der Waals surface area contributed by atoms with Crippen molar-refractivity contribution in [3.8, 4) is 0 Å². The molecular formula is C12H17N3O2. The SMILES string of the molecule is CCc1nn(C)cc1C(=O)N1CCC(=O)CC1. The summed E-state index contributed by atoms with van der Waals surface area (Å²) in [6.07, 6.45) is 3.47. The molecule has 5 heteroatoms. The van der Waals surface area contributed by atoms with Crippen LogP contribution in [0, 0.1) is 0 Å². The first-order chi connectivity index (χ1) is 8.11. The van der Waals surface area contributed by atoms with Gasteiger partial charge >= 0.3 is 0 Å². The molecule has 0 radical (unpaired) electrons. The number of hydrogen-bond donors (Lipinski definition) is 0. The molecule has 2 rings (SSSR count). The summed E-state index contributed by atoms with van der Waals surface area (Å²) in [5.41, 5.74) is 1.50. The summed E-state index contributed by atoms with van der Waals surface area (Å²) in [5.74, 6) is 0.249. The number of Topliss-reactive ketones (excluding diaryl/α,β-unsaturated/α-hetero) is 1. The Bertz CT molecular complexity index is 441. The van der Waals surface area contributed by atoms with Crippen LogP contribution < -0.4 is 0 Å². The number of aromatic nitrogens is 2. The number of carbonyl (C=O) groups excluding carboxylic acids is 2. The van der Waals surface area contributed by atoms with Crippen LogP contribution in [0.1, 0.15) is 35.8 Å². The molecule has 17 heavy (non-hydrogen) atoms. The van der Waals surface area contributed by atoms with E-state index in [1.165, 1.54) is 0 Å². The minimum atomic E-state index is 0.00227. The number of aryl methyl sites for hydroxylation is 2. The minimum Gasteiger partial charge on any atom is -0.338 e. The van der Waals surface area contributed by atoms with E-state index in [1.54, 1.807) is 15.8 Å². The maximum atomic E-state index is 12.3. The molecule has 1 saturated heterocycles. The molecular weight excluding hydrogens is 218 g/mol. The Morgan fingerprint density at radius 2 is 2.06 bits per heavy atom. The molecule has 1 aromatic heterocycles. The fourth-order valence-corrected chi connectivity index (χ4v) is 2.10. The van der Waals surface area contributed by atoms with Gasteiger partial charge in [-0.05, 0) is 6.42 Å². The lowest BCUT2D eigenvalue weighted by atomic mass is 10.1. The van der Waals surface area contributed by atoms with Crippen molar-refractivity contribution in [1.29, 1.82) is 0 Å². The summed E-state index contributed by atoms with van der Waals surface area (Å²) in [5, 5.41) is 4.26. The number of likely N-dealkylation sites (tertiary alicyclic amines) is 1. The van der Waals surface area contributed by atoms with Crippen LogP contribution >= 0.6 is 0 Å². The molecule has 2 heterocycles. The van der Waals surface area contributed by atoms with Gasteiger partial charge in [-0.3, -0.25) is 14.3 Å². The molecule has 1 amide bonds. The molecule has 0 atom stereocenters. The van der Waals surface area contributed by atoms with E-state index in [9.17, 15) is 9.59 Å². The van der Waals surface area contributed by atoms with Gasteiger partial charge in [0.25, 0.3) is 5.91 Å². The second-order valence-electron chi connectivity index (χ2n) is 4.35. The highest BCUT2D eigenvalue weighted by Gasteiger charge is 2.24. The fourth-order valence-electron chi connectivity index (χ4n) is 2.10. The molecule has 0 N–H and O–H groups in total. The Kier molecular flexibility index (Phi) is 3.26. The Hall–Kier alpha value is -1.65. The summed E-state index contributed by atoms with van der Waals surface area (Å²) in [7, 11) is 1.82. The Morgan fingerprint density at radius 1 is 1.41 bits per heavy atom. The van der Waals surface area contributed by atoms with Gasteiger partial charge in [0.15, 0.2) is 0 Å². The molecule has 1 fully saturated rings. The van der Waals surface area contributed by atoms with Crippen molar-refractivity contribution in [2.45, 2.75) is 26.2 Å². The first-order valence-electron chi connectivity index (χ1n) is 5.95. The predicted octanol–water partition coefficient (Wildman–Crippen LogP) is 0.788. The van der Waals surface area contributed by atoms with Crippen LogP contribution in [0.5, 0.6) is 0 Å². The maximum Gasteiger partial charge on any atom is 0.257 e. The number of carbonyl (C=O) groups is 2. The molecule has 0 saturated carbocycles. The van der Waals surface area contributed by atoms with Crippen molar-refractivity contribution >= 4 is 11.7 Å². The molecule has 1 aliphatic heterocycles. The van der Waals surface area contributed by atoms with Gasteiger partial charge in [0.1, 0.15) is 5.78 Å². The smallest absolute Gasteiger partial charge is 0.257 e. The zero-order valence-corrected chi connectivity index (χ0v) is 10.3. The van der Waals surface area contributed by atoms with Crippen LogP contribution in [-0.4, -0.2) is 39.5 Å². The molecule has 1 aromatic rings. The van der Waals surface area contributed by atoms with Gasteiger partial charge in [0, 0.05) is 39.2 Å². The van der Waals surface area contributed by atoms with E-state index in [4.69, 9.17) is 0 Å². The minimum absolute atomic E-state index is 0.00227. The molecule has 0 spiro atoms. The zero-order chi connectivity index (χ0) is 12.4. The summed E-state index contributed by atoms with van der Waals surface area (Å²) < 4.78 is 1.67. The van der Waals surface area contributed by atoms with Crippen LogP contribution in [0.4, 0.5) is 0 Å². The fraction of sp³-hybridized carbons (Fsp3) is 0.583. The second kappa shape index (κ2) is 4.69. The average Bonchev–Trinajstić information content (AvgIpc) is 2.70. The number of ketones is 1. The Labute approximate surface area is 100 Å². The quantitative estimate of drug-likeness (QED) is 0.761. The number of rotatable bonds is 2. The van der Waals surface area contributed by atoms with Gasteiger partial charge in [-0.15, -0.1) is 0 Å². The summed E-state index contributed by atoms with van der Waals surface area (Å²) >= 11 is 0. The third-order valence-electron chi connectivity index (χ3n) is 3.08. The van der Waals surface area contributed by atoms with Gasteiger partial charge in [-0.2, -0.15) is 5.10 Å². The Morgan fingerprint density at radius 3 is 2.65 bits per heavy atom. The number of piperidine rings is 1. The monoisotopic (exact) mass is 235 g/mol. The van der Waals surface area contributed by atoms with Gasteiger partial charge in [0.05, 0.1) is 11.3 Å². The first-order valence-corrected chi connectivity index (χ1v) is 5.95. The van der Waals surface area contributed by atoms with E-state index in [2.05, 4.69) is 5.10 Å². The van der Waals surface area contributed by atoms with Crippen LogP contribution in [0.25, 0.3) is 0 Å². The van der Waals surface area contributed by atoms with Crippen LogP contribution in [0.2, 0.25) is 0 Å². The third kappa shape index (κ3) is 2.38. The molecule has 5 nitrogen and oxygen atoms in total. The van der Waals surface area contributed by atoms with Crippen molar-refractivity contribution < 1.29 is 9.59 Å². The lowest BCUT2D eigenvalue weighted by molar-refractivity contribution is -0.120. The van der Waals surface area contributed by atoms with Crippen molar-refractivity contribution in [2.24, 2.45) is 7.05 Å². The van der Waals surface area contributed by atoms with Crippen LogP contribution in [0.15, 0.2) is 6.20 Å². The highest BCUT2D eigenvalue weighted by atomic mass is 16.2. The number of hydrogen-bond acceptors (Lipinski definition) is 3. The van der Waals surface area contributed by atoms with Gasteiger partial charge < -0.3 is 4.90 Å². The lowest BCUT2D eigenvalue weighted by Crippen LogP contribution is -2.38. The van der Waals surface area contributed by atoms with Crippen molar-refractivity contribution in [1.82, 2.24) is 14.7 Å². The average molecular weight is 235 g/mol. The topological polar surface area (TPSA) is 55.2 Å². The summed E-state index contributed by atoms with van der Waals surface area (Å²) in [6, 6.07) is 0. The van der Waals surface area contributed by atoms with Crippen LogP contribution in [0.3, 0.4) is 0 Å². The number of amides is 1. The van der Waals surface area contributed by atoms with Gasteiger partial charge in [0.2, 0.25) is 0 Å². The van der Waals surface area contributed by atoms with E-state index < -0.39 is 0 Å². The van der Waals surface area contributed by atoms with E-state index in [0.29, 0.717) is 31.5 Å². The van der Waals surface area contributed by atoms with Gasteiger partial charge in [-0.25, -0.2) is 0 Å². The molecule has 92 valence electrons. The van der Waals surface area contributed by atoms with E-state index in [1.807, 2.05) is 14.0 Å². The highest BCUT2D eigenvalue weighted by Crippen LogP contribution is 2.14. The highest BCUT2D eigenvalue weighted by molar-refractivity contribution is 5.96. The molecule has 1 aliphatic rings. The molecule has 0 aliphatic carbocycles. The van der Waals surface area contributed by atoms with Crippen molar-refractivity contribution in [2.75, 3.05) is 13.1 Å². The lowest BCUT2D eigenvalue weighted by Gasteiger charge is -2.25. The Balaban J connectivity index is 2.16. The number of nitrogens with zero attached hydrogens (tertiary/aromatic N) is 3. The predicted molar refractivity (Wildman–Crippen MR) is 62.7 cm³/mol. The largest absolute Gasteiger partial charge is 0.338 e. The maximum absolute atomic E-state index is 12.3.